The van der Waals surface area contributed by atoms with E-state index < -0.39 is 11.7 Å². The number of thiocarbonyl (C=S) groups is 1. The Bertz CT molecular complexity index is 1090. The molecule has 3 aromatic rings. The summed E-state index contributed by atoms with van der Waals surface area (Å²) in [6, 6.07) is 7.56. The number of aromatic nitrogens is 2. The van der Waals surface area contributed by atoms with Crippen molar-refractivity contribution in [1.82, 2.24) is 9.97 Å². The van der Waals surface area contributed by atoms with Crippen LogP contribution in [0.2, 0.25) is 0 Å². The maximum atomic E-state index is 14.7. The van der Waals surface area contributed by atoms with E-state index in [1.165, 1.54) is 39.6 Å². The number of nitrogens with one attached hydrogen (secondary N) is 1. The van der Waals surface area contributed by atoms with Gasteiger partial charge < -0.3 is 20.5 Å². The molecule has 0 aliphatic carbocycles. The van der Waals surface area contributed by atoms with Gasteiger partial charge in [-0.1, -0.05) is 0 Å². The minimum absolute atomic E-state index is 0.148. The maximum Gasteiger partial charge on any atom is 0.230 e. The lowest BCUT2D eigenvalue weighted by atomic mass is 10.2. The van der Waals surface area contributed by atoms with Gasteiger partial charge in [0.1, 0.15) is 18.0 Å². The van der Waals surface area contributed by atoms with Crippen LogP contribution in [0.25, 0.3) is 10.9 Å². The number of carbonyl (C=O) groups is 1. The van der Waals surface area contributed by atoms with Gasteiger partial charge in [0.2, 0.25) is 5.91 Å². The molecule has 0 saturated carbocycles. The maximum absolute atomic E-state index is 14.7. The first-order valence-corrected chi connectivity index (χ1v) is 8.80. The minimum Gasteiger partial charge on any atom is -0.493 e. The number of amides is 1. The van der Waals surface area contributed by atoms with Crippen LogP contribution < -0.4 is 25.4 Å². The van der Waals surface area contributed by atoms with E-state index in [0.29, 0.717) is 28.2 Å². The molecule has 29 heavy (non-hydrogen) atoms. The van der Waals surface area contributed by atoms with E-state index in [9.17, 15) is 9.18 Å². The van der Waals surface area contributed by atoms with Crippen LogP contribution in [0.15, 0.2) is 36.7 Å². The van der Waals surface area contributed by atoms with Crippen molar-refractivity contribution < 1.29 is 18.7 Å². The summed E-state index contributed by atoms with van der Waals surface area (Å²) >= 11 is 4.86. The minimum atomic E-state index is -0.614. The first-order valence-electron chi connectivity index (χ1n) is 8.39. The van der Waals surface area contributed by atoms with Gasteiger partial charge in [0.05, 0.1) is 31.1 Å². The number of rotatable bonds is 5. The number of anilines is 3. The quantitative estimate of drug-likeness (QED) is 0.613. The van der Waals surface area contributed by atoms with Gasteiger partial charge in [-0.15, -0.1) is 0 Å². The molecule has 0 saturated heterocycles. The van der Waals surface area contributed by atoms with E-state index in [2.05, 4.69) is 15.3 Å². The van der Waals surface area contributed by atoms with Gasteiger partial charge in [0.25, 0.3) is 0 Å². The molecule has 150 valence electrons. The van der Waals surface area contributed by atoms with Crippen LogP contribution in [0.1, 0.15) is 6.92 Å². The standard InChI is InChI=1S/C19H18FN5O3S/c1-10(26)25(19(21)29)11-4-5-14(13(20)6-11)24-18-12-7-16(27-2)17(28-3)8-15(12)22-9-23-18/h4-9H,1-3H3,(H2,21,29)(H,22,23,24). The molecule has 0 fully saturated rings. The number of nitrogens with zero attached hydrogens (tertiary/aromatic N) is 3. The summed E-state index contributed by atoms with van der Waals surface area (Å²) in [5.74, 6) is 0.350. The Hall–Kier alpha value is -3.53. The van der Waals surface area contributed by atoms with E-state index in [4.69, 9.17) is 27.4 Å². The number of ether oxygens (including phenoxy) is 2. The predicted molar refractivity (Wildman–Crippen MR) is 112 cm³/mol. The first kappa shape index (κ1) is 20.2. The second kappa shape index (κ2) is 8.23. The zero-order valence-electron chi connectivity index (χ0n) is 15.9. The number of halogens is 1. The molecule has 0 spiro atoms. The Kier molecular flexibility index (Phi) is 5.74. The highest BCUT2D eigenvalue weighted by Gasteiger charge is 2.17. The van der Waals surface area contributed by atoms with Gasteiger partial charge in [0.15, 0.2) is 16.6 Å². The summed E-state index contributed by atoms with van der Waals surface area (Å²) in [6.45, 7) is 1.29. The van der Waals surface area contributed by atoms with Gasteiger partial charge in [-0.05, 0) is 30.4 Å². The number of fused-ring (bicyclic) bond motifs is 1. The fourth-order valence-electron chi connectivity index (χ4n) is 2.82. The fourth-order valence-corrected chi connectivity index (χ4v) is 3.05. The molecule has 0 aliphatic heterocycles. The third-order valence-electron chi connectivity index (χ3n) is 4.14. The Labute approximate surface area is 171 Å². The fraction of sp³-hybridized carbons (Fsp3) is 0.158. The smallest absolute Gasteiger partial charge is 0.230 e. The van der Waals surface area contributed by atoms with Gasteiger partial charge in [-0.3, -0.25) is 9.69 Å². The van der Waals surface area contributed by atoms with E-state index in [0.717, 1.165) is 11.0 Å². The van der Waals surface area contributed by atoms with Crippen LogP contribution in [0.3, 0.4) is 0 Å². The largest absolute Gasteiger partial charge is 0.493 e. The molecule has 1 heterocycles. The third-order valence-corrected chi connectivity index (χ3v) is 4.32. The number of benzene rings is 2. The molecule has 0 unspecified atom stereocenters. The number of hydrogen-bond acceptors (Lipinski definition) is 7. The van der Waals surface area contributed by atoms with Crippen molar-refractivity contribution in [3.8, 4) is 11.5 Å². The highest BCUT2D eigenvalue weighted by Crippen LogP contribution is 2.35. The van der Waals surface area contributed by atoms with Crippen LogP contribution in [-0.4, -0.2) is 35.2 Å². The molecule has 1 aromatic heterocycles. The summed E-state index contributed by atoms with van der Waals surface area (Å²) in [4.78, 5) is 21.2. The molecule has 8 nitrogen and oxygen atoms in total. The average Bonchev–Trinajstić information content (AvgIpc) is 2.68. The number of nitrogens with two attached hydrogens (primary N) is 1. The summed E-state index contributed by atoms with van der Waals surface area (Å²) in [7, 11) is 3.04. The highest BCUT2D eigenvalue weighted by atomic mass is 32.1. The Morgan fingerprint density at radius 3 is 2.45 bits per heavy atom. The zero-order chi connectivity index (χ0) is 21.1. The van der Waals surface area contributed by atoms with Crippen LogP contribution in [-0.2, 0) is 4.79 Å². The van der Waals surface area contributed by atoms with Gasteiger partial charge in [-0.2, -0.15) is 0 Å². The monoisotopic (exact) mass is 415 g/mol. The van der Waals surface area contributed by atoms with Crippen LogP contribution >= 0.6 is 12.2 Å². The van der Waals surface area contributed by atoms with Crippen molar-refractivity contribution in [1.29, 1.82) is 0 Å². The molecular formula is C19H18FN5O3S. The van der Waals surface area contributed by atoms with Crippen molar-refractivity contribution in [3.63, 3.8) is 0 Å². The first-order chi connectivity index (χ1) is 13.8. The lowest BCUT2D eigenvalue weighted by Crippen LogP contribution is -2.39. The molecule has 10 heteroatoms. The molecular weight excluding hydrogens is 397 g/mol. The zero-order valence-corrected chi connectivity index (χ0v) is 16.7. The predicted octanol–water partition coefficient (Wildman–Crippen LogP) is 3.13. The number of hydrogen-bond donors (Lipinski definition) is 2. The molecule has 0 bridgehead atoms. The Balaban J connectivity index is 2.01. The Morgan fingerprint density at radius 2 is 1.86 bits per heavy atom. The average molecular weight is 415 g/mol. The topological polar surface area (TPSA) is 103 Å². The lowest BCUT2D eigenvalue weighted by molar-refractivity contribution is -0.115. The van der Waals surface area contributed by atoms with Crippen LogP contribution in [0.4, 0.5) is 21.6 Å². The Morgan fingerprint density at radius 1 is 1.17 bits per heavy atom. The molecule has 3 N–H and O–H groups in total. The van der Waals surface area contributed by atoms with Crippen LogP contribution in [0, 0.1) is 5.82 Å². The van der Waals surface area contributed by atoms with E-state index in [-0.39, 0.29) is 16.5 Å². The molecule has 0 radical (unpaired) electrons. The van der Waals surface area contributed by atoms with Gasteiger partial charge >= 0.3 is 0 Å². The molecule has 2 aromatic carbocycles. The van der Waals surface area contributed by atoms with Crippen molar-refractivity contribution in [2.75, 3.05) is 24.4 Å². The van der Waals surface area contributed by atoms with Gasteiger partial charge in [0, 0.05) is 24.4 Å². The normalized spacial score (nSPS) is 10.5. The van der Waals surface area contributed by atoms with Gasteiger partial charge in [-0.25, -0.2) is 14.4 Å². The van der Waals surface area contributed by atoms with Crippen molar-refractivity contribution in [3.05, 3.63) is 42.5 Å². The summed E-state index contributed by atoms with van der Waals surface area (Å²) in [6.07, 6.45) is 1.35. The van der Waals surface area contributed by atoms with Crippen molar-refractivity contribution in [2.24, 2.45) is 5.73 Å². The van der Waals surface area contributed by atoms with Crippen molar-refractivity contribution >= 4 is 51.3 Å². The highest BCUT2D eigenvalue weighted by molar-refractivity contribution is 7.80. The molecule has 0 aliphatic rings. The third kappa shape index (κ3) is 4.02. The molecule has 3 rings (SSSR count). The summed E-state index contributed by atoms with van der Waals surface area (Å²) in [5.41, 5.74) is 6.52. The second-order valence-electron chi connectivity index (χ2n) is 5.93. The van der Waals surface area contributed by atoms with E-state index in [1.807, 2.05) is 0 Å². The van der Waals surface area contributed by atoms with Crippen molar-refractivity contribution in [2.45, 2.75) is 6.92 Å². The number of carbonyl (C=O) groups excluding carboxylic acids is 1. The lowest BCUT2D eigenvalue weighted by Gasteiger charge is -2.19. The molecule has 0 atom stereocenters. The summed E-state index contributed by atoms with van der Waals surface area (Å²) < 4.78 is 25.3. The van der Waals surface area contributed by atoms with E-state index >= 15 is 0 Å². The molecule has 1 amide bonds. The second-order valence-corrected chi connectivity index (χ2v) is 6.35. The van der Waals surface area contributed by atoms with Crippen LogP contribution in [0.5, 0.6) is 11.5 Å². The summed E-state index contributed by atoms with van der Waals surface area (Å²) in [5, 5.41) is 3.39. The number of methoxy groups -OCH3 is 2. The van der Waals surface area contributed by atoms with E-state index in [1.54, 1.807) is 12.1 Å². The SMILES string of the molecule is COc1cc2ncnc(Nc3ccc(N(C(C)=O)C(N)=S)cc3F)c2cc1OC.